The van der Waals surface area contributed by atoms with Crippen molar-refractivity contribution in [2.45, 2.75) is 26.9 Å². The molecule has 2 heterocycles. The third-order valence-electron chi connectivity index (χ3n) is 4.25. The predicted octanol–water partition coefficient (Wildman–Crippen LogP) is 3.57. The van der Waals surface area contributed by atoms with Crippen LogP contribution in [0.15, 0.2) is 18.2 Å². The van der Waals surface area contributed by atoms with E-state index in [0.717, 1.165) is 33.4 Å². The quantitative estimate of drug-likeness (QED) is 0.846. The highest BCUT2D eigenvalue weighted by molar-refractivity contribution is 7.15. The molecule has 0 aliphatic carbocycles. The number of hydrogen-bond donors (Lipinski definition) is 0. The number of halogens is 1. The fourth-order valence-electron chi connectivity index (χ4n) is 2.61. The van der Waals surface area contributed by atoms with Crippen LogP contribution in [0.4, 0.5) is 0 Å². The molecule has 0 unspecified atom stereocenters. The fraction of sp³-hybridized carbons (Fsp3) is 0.412. The molecule has 1 amide bonds. The molecule has 3 rings (SSSR count). The van der Waals surface area contributed by atoms with Gasteiger partial charge in [-0.2, -0.15) is 0 Å². The fourth-order valence-corrected chi connectivity index (χ4v) is 3.96. The molecule has 1 aliphatic rings. The van der Waals surface area contributed by atoms with Crippen LogP contribution in [0, 0.1) is 6.92 Å². The Morgan fingerprint density at radius 3 is 2.91 bits per heavy atom. The van der Waals surface area contributed by atoms with E-state index in [2.05, 4.69) is 6.92 Å². The Kier molecular flexibility index (Phi) is 4.71. The number of carbonyl (C=O) groups is 1. The number of fused-ring (bicyclic) bond motifs is 1. The van der Waals surface area contributed by atoms with Crippen molar-refractivity contribution in [3.63, 3.8) is 0 Å². The molecule has 0 fully saturated rings. The van der Waals surface area contributed by atoms with Crippen LogP contribution in [0.1, 0.15) is 23.1 Å². The lowest BCUT2D eigenvalue weighted by atomic mass is 10.1. The van der Waals surface area contributed by atoms with E-state index >= 15 is 0 Å². The van der Waals surface area contributed by atoms with Crippen LogP contribution in [0.3, 0.4) is 0 Å². The average Bonchev–Trinajstić information content (AvgIpc) is 3.08. The molecule has 1 aromatic carbocycles. The Labute approximate surface area is 145 Å². The van der Waals surface area contributed by atoms with Crippen molar-refractivity contribution in [2.24, 2.45) is 0 Å². The zero-order valence-electron chi connectivity index (χ0n) is 13.6. The molecule has 0 bridgehead atoms. The van der Waals surface area contributed by atoms with Gasteiger partial charge in [0.15, 0.2) is 0 Å². The summed E-state index contributed by atoms with van der Waals surface area (Å²) >= 11 is 7.87. The van der Waals surface area contributed by atoms with Gasteiger partial charge in [0.1, 0.15) is 5.01 Å². The molecule has 0 N–H and O–H groups in total. The van der Waals surface area contributed by atoms with E-state index in [1.54, 1.807) is 11.3 Å². The maximum atomic E-state index is 12.3. The number of likely N-dealkylation sites (N-methyl/N-ethyl adjacent to an activating group) is 1. The zero-order valence-corrected chi connectivity index (χ0v) is 15.2. The third kappa shape index (κ3) is 3.27. The minimum Gasteiger partial charge on any atom is -0.330 e. The van der Waals surface area contributed by atoms with Crippen molar-refractivity contribution in [2.75, 3.05) is 20.1 Å². The van der Waals surface area contributed by atoms with Gasteiger partial charge in [-0.1, -0.05) is 30.7 Å². The highest BCUT2D eigenvalue weighted by atomic mass is 35.5. The van der Waals surface area contributed by atoms with Crippen LogP contribution < -0.4 is 0 Å². The second-order valence-corrected chi connectivity index (χ2v) is 7.37. The second kappa shape index (κ2) is 6.59. The van der Waals surface area contributed by atoms with Crippen LogP contribution in [0.25, 0.3) is 10.6 Å². The van der Waals surface area contributed by atoms with Crippen LogP contribution >= 0.6 is 22.9 Å². The summed E-state index contributed by atoms with van der Waals surface area (Å²) < 4.78 is 0. The first kappa shape index (κ1) is 16.4. The molecule has 0 saturated carbocycles. The lowest BCUT2D eigenvalue weighted by molar-refractivity contribution is -0.132. The van der Waals surface area contributed by atoms with Crippen molar-refractivity contribution >= 4 is 28.8 Å². The summed E-state index contributed by atoms with van der Waals surface area (Å²) in [6, 6.07) is 5.90. The van der Waals surface area contributed by atoms with E-state index in [9.17, 15) is 4.79 Å². The molecular formula is C17H20ClN3OS. The van der Waals surface area contributed by atoms with Crippen LogP contribution in [-0.4, -0.2) is 40.8 Å². The molecule has 0 saturated heterocycles. The summed E-state index contributed by atoms with van der Waals surface area (Å²) in [4.78, 5) is 22.1. The maximum absolute atomic E-state index is 12.3. The molecule has 4 nitrogen and oxygen atoms in total. The van der Waals surface area contributed by atoms with Crippen molar-refractivity contribution in [1.82, 2.24) is 14.8 Å². The SMILES string of the molecule is CCN(C)CC(=O)N1Cc2nc(-c3cccc(Cl)c3C)sc2C1. The number of carbonyl (C=O) groups excluding carboxylic acids is 1. The van der Waals surface area contributed by atoms with Gasteiger partial charge >= 0.3 is 0 Å². The number of nitrogens with zero attached hydrogens (tertiary/aromatic N) is 3. The van der Waals surface area contributed by atoms with E-state index in [-0.39, 0.29) is 5.91 Å². The lowest BCUT2D eigenvalue weighted by Crippen LogP contribution is -2.35. The number of hydrogen-bond acceptors (Lipinski definition) is 4. The number of aromatic nitrogens is 1. The Hall–Kier alpha value is -1.43. The Morgan fingerprint density at radius 2 is 2.22 bits per heavy atom. The average molecular weight is 350 g/mol. The molecule has 1 aromatic heterocycles. The number of thiazole rings is 1. The Bertz CT molecular complexity index is 720. The van der Waals surface area contributed by atoms with Crippen molar-refractivity contribution < 1.29 is 4.79 Å². The third-order valence-corrected chi connectivity index (χ3v) is 5.77. The molecule has 1 aliphatic heterocycles. The lowest BCUT2D eigenvalue weighted by Gasteiger charge is -2.19. The number of amides is 1. The van der Waals surface area contributed by atoms with E-state index in [1.807, 2.05) is 42.0 Å². The largest absolute Gasteiger partial charge is 0.330 e. The van der Waals surface area contributed by atoms with E-state index in [4.69, 9.17) is 16.6 Å². The minimum absolute atomic E-state index is 0.167. The Morgan fingerprint density at radius 1 is 1.43 bits per heavy atom. The standard InChI is InChI=1S/C17H20ClN3OS/c1-4-20(3)10-16(22)21-8-14-15(9-21)23-17(19-14)12-6-5-7-13(18)11(12)2/h5-7H,4,8-10H2,1-3H3. The van der Waals surface area contributed by atoms with Crippen LogP contribution in [-0.2, 0) is 17.9 Å². The molecule has 0 radical (unpaired) electrons. The molecule has 2 aromatic rings. The number of rotatable bonds is 4. The van der Waals surface area contributed by atoms with Gasteiger partial charge in [-0.3, -0.25) is 9.69 Å². The summed E-state index contributed by atoms with van der Waals surface area (Å²) in [6.45, 7) is 6.68. The highest BCUT2D eigenvalue weighted by Crippen LogP contribution is 2.36. The van der Waals surface area contributed by atoms with Gasteiger partial charge in [0.05, 0.1) is 25.3 Å². The van der Waals surface area contributed by atoms with E-state index in [0.29, 0.717) is 19.6 Å². The monoisotopic (exact) mass is 349 g/mol. The molecule has 0 spiro atoms. The van der Waals surface area contributed by atoms with Crippen molar-refractivity contribution in [3.05, 3.63) is 39.4 Å². The number of benzene rings is 1. The molecule has 6 heteroatoms. The van der Waals surface area contributed by atoms with Gasteiger partial charge in [0.2, 0.25) is 5.91 Å². The molecular weight excluding hydrogens is 330 g/mol. The van der Waals surface area contributed by atoms with Gasteiger partial charge in [-0.15, -0.1) is 11.3 Å². The van der Waals surface area contributed by atoms with Crippen molar-refractivity contribution in [1.29, 1.82) is 0 Å². The first-order valence-electron chi connectivity index (χ1n) is 7.70. The summed E-state index contributed by atoms with van der Waals surface area (Å²) in [6.07, 6.45) is 0. The first-order valence-corrected chi connectivity index (χ1v) is 8.89. The Balaban J connectivity index is 1.76. The predicted molar refractivity (Wildman–Crippen MR) is 94.7 cm³/mol. The van der Waals surface area contributed by atoms with Gasteiger partial charge in [-0.05, 0) is 32.1 Å². The van der Waals surface area contributed by atoms with Gasteiger partial charge in [-0.25, -0.2) is 4.98 Å². The first-order chi connectivity index (χ1) is 11.0. The topological polar surface area (TPSA) is 36.4 Å². The van der Waals surface area contributed by atoms with E-state index in [1.165, 1.54) is 4.88 Å². The summed E-state index contributed by atoms with van der Waals surface area (Å²) in [5, 5.41) is 1.75. The highest BCUT2D eigenvalue weighted by Gasteiger charge is 2.28. The molecule has 122 valence electrons. The van der Waals surface area contributed by atoms with Gasteiger partial charge < -0.3 is 4.90 Å². The van der Waals surface area contributed by atoms with Gasteiger partial charge in [0, 0.05) is 15.5 Å². The smallest absolute Gasteiger partial charge is 0.237 e. The summed E-state index contributed by atoms with van der Waals surface area (Å²) in [5.74, 6) is 0.167. The minimum atomic E-state index is 0.167. The van der Waals surface area contributed by atoms with Gasteiger partial charge in [0.25, 0.3) is 0 Å². The normalized spacial score (nSPS) is 13.7. The van der Waals surface area contributed by atoms with E-state index < -0.39 is 0 Å². The molecule has 0 atom stereocenters. The zero-order chi connectivity index (χ0) is 16.6. The second-order valence-electron chi connectivity index (χ2n) is 5.88. The van der Waals surface area contributed by atoms with Crippen molar-refractivity contribution in [3.8, 4) is 10.6 Å². The van der Waals surface area contributed by atoms with Crippen LogP contribution in [0.5, 0.6) is 0 Å². The summed E-state index contributed by atoms with van der Waals surface area (Å²) in [5.41, 5.74) is 3.16. The maximum Gasteiger partial charge on any atom is 0.237 e. The van der Waals surface area contributed by atoms with Crippen LogP contribution in [0.2, 0.25) is 5.02 Å². The molecule has 23 heavy (non-hydrogen) atoms. The summed E-state index contributed by atoms with van der Waals surface area (Å²) in [7, 11) is 1.96.